The Kier molecular flexibility index (Phi) is 33.9. The molecule has 41 heteroatoms. The van der Waals surface area contributed by atoms with Crippen LogP contribution in [-0.4, -0.2) is 328 Å². The van der Waals surface area contributed by atoms with E-state index in [1.807, 2.05) is 100 Å². The predicted molar refractivity (Wildman–Crippen MR) is 502 cm³/mol. The van der Waals surface area contributed by atoms with Crippen LogP contribution in [0.2, 0.25) is 0 Å². The molecule has 4 aromatic carbocycles. The first kappa shape index (κ1) is 103. The summed E-state index contributed by atoms with van der Waals surface area (Å²) < 4.78 is 92.9. The number of anilines is 4. The third-order valence-corrected chi connectivity index (χ3v) is 25.1. The summed E-state index contributed by atoms with van der Waals surface area (Å²) in [4.78, 5) is 122. The van der Waals surface area contributed by atoms with Crippen molar-refractivity contribution >= 4 is 102 Å². The van der Waals surface area contributed by atoms with Gasteiger partial charge in [0.1, 0.15) is 83.5 Å². The van der Waals surface area contributed by atoms with Crippen molar-refractivity contribution in [2.45, 2.75) is 203 Å². The molecule has 8 saturated heterocycles. The Labute approximate surface area is 793 Å². The summed E-state index contributed by atoms with van der Waals surface area (Å²) in [6, 6.07) is 22.8. The van der Waals surface area contributed by atoms with E-state index < -0.39 is 76.3 Å². The fraction of sp³-hybridized carbons (Fsp3) is 0.562. The van der Waals surface area contributed by atoms with Gasteiger partial charge in [-0.3, -0.25) is 14.4 Å². The number of carboxylic acid groups (broad SMARTS) is 1. The minimum Gasteiger partial charge on any atom is -0.479 e. The molecule has 0 bridgehead atoms. The normalized spacial score (nSPS) is 22.6. The number of amides is 5. The molecular formula is C96H122F4N24O13. The lowest BCUT2D eigenvalue weighted by Gasteiger charge is -2.39. The van der Waals surface area contributed by atoms with Gasteiger partial charge in [-0.1, -0.05) is 0 Å². The third kappa shape index (κ3) is 27.2. The molecule has 4 aromatic heterocycles. The van der Waals surface area contributed by atoms with E-state index in [9.17, 15) is 59.3 Å². The maximum Gasteiger partial charge on any atom is 0.410 e. The highest BCUT2D eigenvalue weighted by Crippen LogP contribution is 2.38. The maximum absolute atomic E-state index is 15.5. The summed E-state index contributed by atoms with van der Waals surface area (Å²) in [5, 5.41) is 57.7. The first-order valence-corrected chi connectivity index (χ1v) is 46.1. The van der Waals surface area contributed by atoms with E-state index in [2.05, 4.69) is 89.9 Å². The first-order valence-electron chi connectivity index (χ1n) is 46.1. The molecule has 8 atom stereocenters. The number of halogens is 4. The number of hydrogen-bond donors (Lipinski definition) is 5. The van der Waals surface area contributed by atoms with E-state index >= 15 is 13.2 Å². The van der Waals surface area contributed by atoms with Gasteiger partial charge in [-0.2, -0.15) is 21.0 Å². The molecule has 0 aliphatic carbocycles. The van der Waals surface area contributed by atoms with Crippen molar-refractivity contribution in [3.05, 3.63) is 121 Å². The van der Waals surface area contributed by atoms with Crippen LogP contribution >= 0.6 is 0 Å². The highest BCUT2D eigenvalue weighted by atomic mass is 19.2. The number of nitriles is 4. The number of morpholine rings is 4. The molecule has 37 nitrogen and oxygen atoms in total. The highest BCUT2D eigenvalue weighted by molar-refractivity contribution is 5.98. The molecular weight excluding hydrogens is 1770 g/mol. The number of fused-ring (bicyclic) bond motifs is 4. The topological polar surface area (TPSA) is 464 Å². The van der Waals surface area contributed by atoms with Crippen molar-refractivity contribution in [1.29, 1.82) is 21.0 Å². The molecule has 5 amide bonds. The number of benzene rings is 4. The van der Waals surface area contributed by atoms with Gasteiger partial charge < -0.3 is 94.4 Å². The zero-order chi connectivity index (χ0) is 98.9. The molecule has 8 aliphatic rings. The summed E-state index contributed by atoms with van der Waals surface area (Å²) in [6.07, 6.45) is 9.98. The average molecular weight is 1900 g/mol. The van der Waals surface area contributed by atoms with Crippen molar-refractivity contribution in [3.8, 4) is 24.3 Å². The van der Waals surface area contributed by atoms with Gasteiger partial charge in [-0.05, 0) is 158 Å². The van der Waals surface area contributed by atoms with Crippen LogP contribution in [0.3, 0.4) is 0 Å². The molecule has 8 fully saturated rings. The molecule has 8 aromatic rings. The summed E-state index contributed by atoms with van der Waals surface area (Å²) in [7, 11) is 3.95. The Bertz CT molecular complexity index is 5620. The minimum atomic E-state index is -1.62. The molecule has 0 saturated carbocycles. The standard InChI is InChI=1S/C26H33FN6O4.2C22H27FN6O2.C15H14N4O3.C11H21FN2O2/c1-17-13-33(20-6-5-18(11-28)22-19(20)12-29-16-31-22)14-21(36-17)23(34)30-15-26(27)7-9-32(10-8-26)24(35)37-25(2,3)4;2*1-15-11-29(18-4-3-16(9-24)20-17(18)10-25-14-27-20)12-19(31-15)21(30)26-13-22(23)5-7-28(2)8-6-22;1-9-6-19(7-13(22-9)15(20)21)12-3-2-10(4-16)14-11(12)5-17-8-18-14;1-10(2,3)16-9(15)14-6-4-11(12,8-13)5-7-14/h5-6,12,16-17,21H,7-10,13-15H2,1-4H3,(H,30,34);2*3-4,10,14-15,19H,5-8,11-13H2,1-2H3,(H,26,30);2-3,5,8-9,13H,6-7H2,1H3,(H,20,21);4-8,13H2,1-3H3/t17-,21-;2*15-,19-;9-,13-;/m1111./s1. The van der Waals surface area contributed by atoms with Crippen molar-refractivity contribution in [3.63, 3.8) is 0 Å². The second kappa shape index (κ2) is 45.0. The molecule has 12 heterocycles. The Morgan fingerprint density at radius 2 is 0.650 bits per heavy atom. The van der Waals surface area contributed by atoms with Crippen LogP contribution in [-0.2, 0) is 47.6 Å². The van der Waals surface area contributed by atoms with Crippen LogP contribution in [0.5, 0.6) is 0 Å². The van der Waals surface area contributed by atoms with Gasteiger partial charge in [0.05, 0.1) is 115 Å². The predicted octanol–water partition coefficient (Wildman–Crippen LogP) is 9.11. The van der Waals surface area contributed by atoms with Crippen molar-refractivity contribution in [2.24, 2.45) is 5.73 Å². The van der Waals surface area contributed by atoms with E-state index in [0.717, 1.165) is 38.9 Å². The van der Waals surface area contributed by atoms with Crippen LogP contribution in [0.1, 0.15) is 143 Å². The Morgan fingerprint density at radius 1 is 0.409 bits per heavy atom. The molecule has 6 N–H and O–H groups in total. The van der Waals surface area contributed by atoms with Gasteiger partial charge in [0, 0.05) is 180 Å². The SMILES string of the molecule is CC(C)(C)OC(=O)N1CCC(F)(CN)CC1.C[C@@H]1CN(c2ccc(C#N)c3ncncc23)C[C@H](C(=O)NCC2(F)CCN(C(=O)OC(C)(C)C)CC2)O1.C[C@@H]1CN(c2ccc(C#N)c3ncncc23)C[C@H](C(=O)NCC2(F)CCN(C)CC2)O1.C[C@@H]1CN(c2ccc(C#N)c3ncncc23)C[C@H](C(=O)NCC2(F)CCN(C)CC2)O1.C[C@@H]1CN(c2ccc(C#N)c3ncncc23)C[C@H](C(=O)O)O1. The summed E-state index contributed by atoms with van der Waals surface area (Å²) in [5.74, 6) is -1.98. The van der Waals surface area contributed by atoms with Crippen LogP contribution in [0.4, 0.5) is 49.9 Å². The Balaban J connectivity index is 0.000000157. The molecule has 732 valence electrons. The lowest BCUT2D eigenvalue weighted by atomic mass is 9.93. The zero-order valence-corrected chi connectivity index (χ0v) is 79.5. The van der Waals surface area contributed by atoms with E-state index in [4.69, 9.17) is 34.2 Å². The van der Waals surface area contributed by atoms with Gasteiger partial charge in [-0.25, -0.2) is 71.8 Å². The number of carboxylic acids is 1. The number of carbonyl (C=O) groups excluding carboxylic acids is 5. The van der Waals surface area contributed by atoms with Gasteiger partial charge in [0.15, 0.2) is 24.4 Å². The number of ether oxygens (including phenoxy) is 6. The fourth-order valence-electron chi connectivity index (χ4n) is 17.6. The second-order valence-corrected chi connectivity index (χ2v) is 38.3. The number of aliphatic carboxylic acids is 1. The number of hydrogen-bond acceptors (Lipinski definition) is 31. The Morgan fingerprint density at radius 3 is 0.891 bits per heavy atom. The lowest BCUT2D eigenvalue weighted by molar-refractivity contribution is -0.154. The number of alkyl halides is 4. The van der Waals surface area contributed by atoms with Gasteiger partial charge in [0.25, 0.3) is 17.7 Å². The van der Waals surface area contributed by atoms with E-state index in [-0.39, 0.29) is 108 Å². The molecule has 8 aliphatic heterocycles. The summed E-state index contributed by atoms with van der Waals surface area (Å²) in [6.45, 7) is 25.6. The molecule has 0 radical (unpaired) electrons. The number of nitrogens with one attached hydrogen (secondary N) is 3. The molecule has 0 unspecified atom stereocenters. The maximum atomic E-state index is 15.5. The quantitative estimate of drug-likeness (QED) is 0.0597. The number of carbonyl (C=O) groups is 6. The van der Waals surface area contributed by atoms with E-state index in [1.165, 1.54) is 30.2 Å². The van der Waals surface area contributed by atoms with Crippen LogP contribution in [0.15, 0.2) is 98.6 Å². The van der Waals surface area contributed by atoms with Gasteiger partial charge >= 0.3 is 18.2 Å². The van der Waals surface area contributed by atoms with Crippen LogP contribution < -0.4 is 41.3 Å². The highest BCUT2D eigenvalue weighted by Gasteiger charge is 2.44. The minimum absolute atomic E-state index is 0.00154. The van der Waals surface area contributed by atoms with Crippen molar-refractivity contribution in [1.82, 2.24) is 75.4 Å². The number of rotatable bonds is 15. The average Bonchev–Trinajstić information content (AvgIpc) is 0.789. The monoisotopic (exact) mass is 1890 g/mol. The molecule has 137 heavy (non-hydrogen) atoms. The fourth-order valence-corrected chi connectivity index (χ4v) is 17.6. The number of piperidine rings is 4. The lowest BCUT2D eigenvalue weighted by Crippen LogP contribution is -2.55. The number of aromatic nitrogens is 8. The van der Waals surface area contributed by atoms with E-state index in [0.29, 0.717) is 167 Å². The smallest absolute Gasteiger partial charge is 0.410 e. The number of nitrogens with two attached hydrogens (primary N) is 1. The van der Waals surface area contributed by atoms with Crippen LogP contribution in [0.25, 0.3) is 43.6 Å². The van der Waals surface area contributed by atoms with Gasteiger partial charge in [0.2, 0.25) is 0 Å². The summed E-state index contributed by atoms with van der Waals surface area (Å²) >= 11 is 0. The van der Waals surface area contributed by atoms with Crippen molar-refractivity contribution < 1.29 is 79.9 Å². The largest absolute Gasteiger partial charge is 0.479 e. The first-order chi connectivity index (χ1) is 65.1. The van der Waals surface area contributed by atoms with E-state index in [1.54, 1.807) is 80.8 Å². The third-order valence-electron chi connectivity index (χ3n) is 25.1. The second-order valence-electron chi connectivity index (χ2n) is 38.3. The van der Waals surface area contributed by atoms with Gasteiger partial charge in [-0.15, -0.1) is 0 Å². The zero-order valence-electron chi connectivity index (χ0n) is 79.5. The molecule has 16 rings (SSSR count). The van der Waals surface area contributed by atoms with Crippen LogP contribution in [0, 0.1) is 45.3 Å². The molecule has 0 spiro atoms. The Hall–Kier alpha value is -12.7. The van der Waals surface area contributed by atoms with Crippen molar-refractivity contribution in [2.75, 3.05) is 165 Å². The number of likely N-dealkylation sites (tertiary alicyclic amines) is 4. The number of nitrogens with zero attached hydrogens (tertiary/aromatic N) is 20. The summed E-state index contributed by atoms with van der Waals surface area (Å²) in [5.41, 5.74) is 6.03.